The Kier molecular flexibility index (Phi) is 6.32. The predicted octanol–water partition coefficient (Wildman–Crippen LogP) is 1.24. The fraction of sp³-hybridized carbons (Fsp3) is 0.571. The van der Waals surface area contributed by atoms with Crippen LogP contribution in [0.15, 0.2) is 12.1 Å². The van der Waals surface area contributed by atoms with E-state index in [1.807, 2.05) is 0 Å². The van der Waals surface area contributed by atoms with Crippen LogP contribution in [0.25, 0.3) is 0 Å². The highest BCUT2D eigenvalue weighted by Crippen LogP contribution is 2.41. The number of hydrogen-bond donors (Lipinski definition) is 2. The Labute approximate surface area is 146 Å². The lowest BCUT2D eigenvalue weighted by molar-refractivity contribution is -0.908. The molecule has 0 aromatic heterocycles. The third kappa shape index (κ3) is 5.02. The quantitative estimate of drug-likeness (QED) is 0.419. The molecule has 9 nitrogen and oxygen atoms in total. The molecule has 0 bridgehead atoms. The van der Waals surface area contributed by atoms with Crippen molar-refractivity contribution in [1.82, 2.24) is 0 Å². The van der Waals surface area contributed by atoms with E-state index in [4.69, 9.17) is 4.74 Å². The van der Waals surface area contributed by atoms with E-state index in [2.05, 4.69) is 5.32 Å². The zero-order valence-electron chi connectivity index (χ0n) is 13.7. The fourth-order valence-electron chi connectivity index (χ4n) is 2.71. The number of benzene rings is 1. The lowest BCUT2D eigenvalue weighted by atomic mass is 10.1. The highest BCUT2D eigenvalue weighted by atomic mass is 19.4. The number of rotatable bonds is 7. The SMILES string of the molecule is O=[N+]([O-])c1cc(C(F)(F)F)cc([N+](=O)[O-])c1NCCC[NH+]1CCOCC1. The molecule has 0 atom stereocenters. The van der Waals surface area contributed by atoms with Crippen LogP contribution in [0, 0.1) is 20.2 Å². The van der Waals surface area contributed by atoms with Crippen molar-refractivity contribution in [2.75, 3.05) is 44.7 Å². The van der Waals surface area contributed by atoms with Crippen molar-refractivity contribution in [1.29, 1.82) is 0 Å². The molecule has 1 aliphatic rings. The molecule has 1 aromatic rings. The summed E-state index contributed by atoms with van der Waals surface area (Å²) in [4.78, 5) is 21.4. The monoisotopic (exact) mass is 379 g/mol. The average molecular weight is 379 g/mol. The van der Waals surface area contributed by atoms with E-state index in [0.29, 0.717) is 31.8 Å². The van der Waals surface area contributed by atoms with Gasteiger partial charge in [-0.3, -0.25) is 20.2 Å². The number of anilines is 1. The summed E-state index contributed by atoms with van der Waals surface area (Å²) in [6.45, 7) is 3.80. The Hall–Kier alpha value is -2.47. The Bertz CT molecular complexity index is 642. The second-order valence-electron chi connectivity index (χ2n) is 5.79. The molecule has 0 unspecified atom stereocenters. The third-order valence-electron chi connectivity index (χ3n) is 4.03. The molecule has 2 N–H and O–H groups in total. The highest BCUT2D eigenvalue weighted by molar-refractivity contribution is 5.75. The van der Waals surface area contributed by atoms with Crippen LogP contribution in [0.5, 0.6) is 0 Å². The summed E-state index contributed by atoms with van der Waals surface area (Å²) in [5, 5.41) is 24.8. The number of quaternary nitrogens is 1. The molecule has 0 amide bonds. The number of nitrogens with zero attached hydrogens (tertiary/aromatic N) is 2. The summed E-state index contributed by atoms with van der Waals surface area (Å²) < 4.78 is 43.7. The van der Waals surface area contributed by atoms with Gasteiger partial charge in [-0.25, -0.2) is 0 Å². The summed E-state index contributed by atoms with van der Waals surface area (Å²) in [7, 11) is 0. The molecule has 0 aliphatic carbocycles. The molecular weight excluding hydrogens is 361 g/mol. The number of alkyl halides is 3. The molecule has 1 aromatic carbocycles. The number of hydrogen-bond acceptors (Lipinski definition) is 6. The summed E-state index contributed by atoms with van der Waals surface area (Å²) >= 11 is 0. The number of nitro benzene ring substituents is 2. The second-order valence-corrected chi connectivity index (χ2v) is 5.79. The Morgan fingerprint density at radius 2 is 1.65 bits per heavy atom. The summed E-state index contributed by atoms with van der Waals surface area (Å²) in [6.07, 6.45) is -4.38. The van der Waals surface area contributed by atoms with E-state index in [1.165, 1.54) is 4.90 Å². The molecule has 12 heteroatoms. The van der Waals surface area contributed by atoms with Gasteiger partial charge in [0.25, 0.3) is 11.4 Å². The molecule has 1 saturated heterocycles. The number of halogens is 3. The molecular formula is C14H18F3N4O5+. The van der Waals surface area contributed by atoms with Crippen molar-refractivity contribution < 1.29 is 32.7 Å². The van der Waals surface area contributed by atoms with Gasteiger partial charge in [-0.2, -0.15) is 13.2 Å². The number of nitro groups is 2. The minimum atomic E-state index is -4.92. The van der Waals surface area contributed by atoms with Gasteiger partial charge < -0.3 is 15.0 Å². The smallest absolute Gasteiger partial charge is 0.374 e. The van der Waals surface area contributed by atoms with Crippen LogP contribution in [0.3, 0.4) is 0 Å². The van der Waals surface area contributed by atoms with Gasteiger partial charge in [0.15, 0.2) is 5.69 Å². The average Bonchev–Trinajstić information content (AvgIpc) is 2.58. The van der Waals surface area contributed by atoms with Gasteiger partial charge in [0.05, 0.1) is 35.2 Å². The van der Waals surface area contributed by atoms with Crippen molar-refractivity contribution in [3.05, 3.63) is 37.9 Å². The molecule has 1 fully saturated rings. The van der Waals surface area contributed by atoms with Gasteiger partial charge in [-0.1, -0.05) is 0 Å². The largest absolute Gasteiger partial charge is 0.416 e. The summed E-state index contributed by atoms with van der Waals surface area (Å²) in [5.41, 5.74) is -3.88. The standard InChI is InChI=1S/C14H17F3N4O5/c15-14(16,17)10-8-11(20(22)23)13(12(9-10)21(24)25)18-2-1-3-19-4-6-26-7-5-19/h8-9,18H,1-7H2/p+1. The normalized spacial score (nSPS) is 15.7. The van der Waals surface area contributed by atoms with Crippen molar-refractivity contribution in [2.45, 2.75) is 12.6 Å². The first-order chi connectivity index (χ1) is 12.2. The molecule has 144 valence electrons. The van der Waals surface area contributed by atoms with Gasteiger partial charge in [0.2, 0.25) is 0 Å². The Balaban J connectivity index is 2.16. The Morgan fingerprint density at radius 3 is 2.12 bits per heavy atom. The van der Waals surface area contributed by atoms with Crippen molar-refractivity contribution in [2.24, 2.45) is 0 Å². The van der Waals surface area contributed by atoms with Gasteiger partial charge in [-0.05, 0) is 0 Å². The maximum Gasteiger partial charge on any atom is 0.416 e. The van der Waals surface area contributed by atoms with Gasteiger partial charge in [0.1, 0.15) is 13.1 Å². The maximum atomic E-state index is 12.8. The van der Waals surface area contributed by atoms with E-state index >= 15 is 0 Å². The minimum absolute atomic E-state index is 0.164. The maximum absolute atomic E-state index is 12.8. The summed E-state index contributed by atoms with van der Waals surface area (Å²) in [5.74, 6) is 0. The minimum Gasteiger partial charge on any atom is -0.374 e. The van der Waals surface area contributed by atoms with Crippen LogP contribution in [-0.4, -0.2) is 49.2 Å². The first kappa shape index (κ1) is 19.8. The molecule has 0 spiro atoms. The number of morpholine rings is 1. The fourth-order valence-corrected chi connectivity index (χ4v) is 2.71. The van der Waals surface area contributed by atoms with Gasteiger partial charge >= 0.3 is 6.18 Å². The predicted molar refractivity (Wildman–Crippen MR) is 84.2 cm³/mol. The third-order valence-corrected chi connectivity index (χ3v) is 4.03. The van der Waals surface area contributed by atoms with Gasteiger partial charge in [0, 0.05) is 25.1 Å². The molecule has 1 heterocycles. The molecule has 2 rings (SSSR count). The molecule has 1 aliphatic heterocycles. The molecule has 0 saturated carbocycles. The second kappa shape index (κ2) is 8.27. The van der Waals surface area contributed by atoms with Crippen LogP contribution in [0.2, 0.25) is 0 Å². The van der Waals surface area contributed by atoms with Crippen LogP contribution < -0.4 is 10.2 Å². The van der Waals surface area contributed by atoms with E-state index in [9.17, 15) is 33.4 Å². The first-order valence-corrected chi connectivity index (χ1v) is 7.89. The zero-order chi connectivity index (χ0) is 19.3. The highest BCUT2D eigenvalue weighted by Gasteiger charge is 2.37. The van der Waals surface area contributed by atoms with Gasteiger partial charge in [-0.15, -0.1) is 0 Å². The topological polar surface area (TPSA) is 112 Å². The van der Waals surface area contributed by atoms with Crippen molar-refractivity contribution >= 4 is 17.1 Å². The molecule has 0 radical (unpaired) electrons. The summed E-state index contributed by atoms with van der Waals surface area (Å²) in [6, 6.07) is 0.616. The lowest BCUT2D eigenvalue weighted by Crippen LogP contribution is -3.14. The van der Waals surface area contributed by atoms with E-state index in [-0.39, 0.29) is 6.54 Å². The number of ether oxygens (including phenoxy) is 1. The zero-order valence-corrected chi connectivity index (χ0v) is 13.7. The van der Waals surface area contributed by atoms with E-state index in [1.54, 1.807) is 0 Å². The van der Waals surface area contributed by atoms with Crippen molar-refractivity contribution in [3.8, 4) is 0 Å². The Morgan fingerprint density at radius 1 is 1.12 bits per heavy atom. The molecule has 26 heavy (non-hydrogen) atoms. The van der Waals surface area contributed by atoms with Crippen LogP contribution in [0.4, 0.5) is 30.2 Å². The van der Waals surface area contributed by atoms with E-state index in [0.717, 1.165) is 19.6 Å². The van der Waals surface area contributed by atoms with Crippen LogP contribution in [0.1, 0.15) is 12.0 Å². The number of nitrogens with one attached hydrogen (secondary N) is 2. The van der Waals surface area contributed by atoms with Crippen LogP contribution >= 0.6 is 0 Å². The van der Waals surface area contributed by atoms with E-state index < -0.39 is 38.6 Å². The lowest BCUT2D eigenvalue weighted by Gasteiger charge is -2.23. The first-order valence-electron chi connectivity index (χ1n) is 7.89. The van der Waals surface area contributed by atoms with Crippen LogP contribution in [-0.2, 0) is 10.9 Å². The van der Waals surface area contributed by atoms with Crippen molar-refractivity contribution in [3.63, 3.8) is 0 Å².